The molecular formula is C10H13N3O5. The van der Waals surface area contributed by atoms with Gasteiger partial charge in [0.2, 0.25) is 5.91 Å². The Morgan fingerprint density at radius 1 is 1.33 bits per heavy atom. The van der Waals surface area contributed by atoms with Crippen molar-refractivity contribution in [3.63, 3.8) is 0 Å². The van der Waals surface area contributed by atoms with Gasteiger partial charge in [-0.1, -0.05) is 0 Å². The van der Waals surface area contributed by atoms with Crippen LogP contribution >= 0.6 is 0 Å². The highest BCUT2D eigenvalue weighted by Crippen LogP contribution is 1.90. The smallest absolute Gasteiger partial charge is 0.328 e. The van der Waals surface area contributed by atoms with E-state index in [-0.39, 0.29) is 6.54 Å². The van der Waals surface area contributed by atoms with E-state index in [1.807, 2.05) is 0 Å². The lowest BCUT2D eigenvalue weighted by molar-refractivity contribution is -0.141. The van der Waals surface area contributed by atoms with Crippen LogP contribution in [-0.4, -0.2) is 32.2 Å². The summed E-state index contributed by atoms with van der Waals surface area (Å²) in [4.78, 5) is 44.6. The van der Waals surface area contributed by atoms with Crippen molar-refractivity contribution in [3.05, 3.63) is 33.1 Å². The van der Waals surface area contributed by atoms with Crippen molar-refractivity contribution in [2.24, 2.45) is 7.05 Å². The molecule has 0 aliphatic rings. The number of hydrogen-bond acceptors (Lipinski definition) is 4. The van der Waals surface area contributed by atoms with Gasteiger partial charge in [-0.15, -0.1) is 0 Å². The Hall–Kier alpha value is -2.38. The third kappa shape index (κ3) is 3.06. The molecule has 8 heteroatoms. The maximum atomic E-state index is 11.6. The molecule has 0 aliphatic carbocycles. The van der Waals surface area contributed by atoms with E-state index in [1.54, 1.807) is 0 Å². The average Bonchev–Trinajstić information content (AvgIpc) is 2.28. The summed E-state index contributed by atoms with van der Waals surface area (Å²) in [5.41, 5.74) is -1.60. The number of aliphatic carboxylic acids is 1. The van der Waals surface area contributed by atoms with Gasteiger partial charge in [0.15, 0.2) is 0 Å². The number of aryl methyl sites for hydroxylation is 1. The summed E-state index contributed by atoms with van der Waals surface area (Å²) < 4.78 is 2.05. The van der Waals surface area contributed by atoms with E-state index >= 15 is 0 Å². The predicted molar refractivity (Wildman–Crippen MR) is 61.2 cm³/mol. The Morgan fingerprint density at radius 3 is 2.44 bits per heavy atom. The number of amides is 1. The molecule has 0 spiro atoms. The Bertz CT molecular complexity index is 586. The lowest BCUT2D eigenvalue weighted by atomic mass is 10.3. The van der Waals surface area contributed by atoms with Gasteiger partial charge in [0.25, 0.3) is 0 Å². The van der Waals surface area contributed by atoms with Gasteiger partial charge in [0.05, 0.1) is 6.54 Å². The standard InChI is InChI=1S/C10H13N3O5/c1-6(14)11-7(10(17)18)5-13-4-3-12(2)8(15)9(13)16/h3-4,7H,5H2,1-2H3,(H,11,14)(H,17,18). The molecule has 98 valence electrons. The van der Waals surface area contributed by atoms with E-state index < -0.39 is 29.0 Å². The molecule has 1 aromatic rings. The van der Waals surface area contributed by atoms with Crippen LogP contribution in [0.15, 0.2) is 22.0 Å². The molecule has 0 fully saturated rings. The fraction of sp³-hybridized carbons (Fsp3) is 0.400. The summed E-state index contributed by atoms with van der Waals surface area (Å²) >= 11 is 0. The first kappa shape index (κ1) is 13.7. The van der Waals surface area contributed by atoms with Crippen molar-refractivity contribution in [3.8, 4) is 0 Å². The van der Waals surface area contributed by atoms with Crippen molar-refractivity contribution < 1.29 is 14.7 Å². The number of carboxylic acids is 1. The third-order valence-corrected chi connectivity index (χ3v) is 2.29. The molecule has 0 saturated heterocycles. The first-order valence-electron chi connectivity index (χ1n) is 5.09. The minimum atomic E-state index is -1.28. The first-order valence-corrected chi connectivity index (χ1v) is 5.09. The van der Waals surface area contributed by atoms with Crippen LogP contribution in [0.4, 0.5) is 0 Å². The number of nitrogens with zero attached hydrogens (tertiary/aromatic N) is 2. The molecular weight excluding hydrogens is 242 g/mol. The second kappa shape index (κ2) is 5.30. The Labute approximate surface area is 101 Å². The Morgan fingerprint density at radius 2 is 1.94 bits per heavy atom. The monoisotopic (exact) mass is 255 g/mol. The van der Waals surface area contributed by atoms with Crippen LogP contribution in [0.5, 0.6) is 0 Å². The summed E-state index contributed by atoms with van der Waals surface area (Å²) in [6, 6.07) is -1.26. The molecule has 0 bridgehead atoms. The highest BCUT2D eigenvalue weighted by Gasteiger charge is 2.19. The van der Waals surface area contributed by atoms with E-state index in [4.69, 9.17) is 5.11 Å². The van der Waals surface area contributed by atoms with Crippen LogP contribution in [0.2, 0.25) is 0 Å². The Balaban J connectivity index is 3.05. The number of hydrogen-bond donors (Lipinski definition) is 2. The topological polar surface area (TPSA) is 110 Å². The molecule has 18 heavy (non-hydrogen) atoms. The molecule has 1 aromatic heterocycles. The van der Waals surface area contributed by atoms with Crippen LogP contribution in [0, 0.1) is 0 Å². The number of carboxylic acid groups (broad SMARTS) is 1. The lowest BCUT2D eigenvalue weighted by Gasteiger charge is -2.14. The van der Waals surface area contributed by atoms with Crippen LogP contribution < -0.4 is 16.4 Å². The summed E-state index contributed by atoms with van der Waals surface area (Å²) in [6.45, 7) is 0.868. The fourth-order valence-corrected chi connectivity index (χ4v) is 1.36. The zero-order valence-corrected chi connectivity index (χ0v) is 9.91. The SMILES string of the molecule is CC(=O)NC(Cn1ccn(C)c(=O)c1=O)C(=O)O. The number of carbonyl (C=O) groups is 2. The van der Waals surface area contributed by atoms with Crippen LogP contribution in [0.1, 0.15) is 6.92 Å². The zero-order chi connectivity index (χ0) is 13.9. The molecule has 1 rings (SSSR count). The van der Waals surface area contributed by atoms with Crippen LogP contribution in [0.25, 0.3) is 0 Å². The van der Waals surface area contributed by atoms with Gasteiger partial charge in [0.1, 0.15) is 6.04 Å². The normalized spacial score (nSPS) is 11.9. The Kier molecular flexibility index (Phi) is 4.03. The number of rotatable bonds is 4. The average molecular weight is 255 g/mol. The van der Waals surface area contributed by atoms with E-state index in [1.165, 1.54) is 26.4 Å². The summed E-state index contributed by atoms with van der Waals surface area (Å²) in [5.74, 6) is -1.81. The van der Waals surface area contributed by atoms with E-state index in [9.17, 15) is 19.2 Å². The second-order valence-corrected chi connectivity index (χ2v) is 3.76. The number of aromatic nitrogens is 2. The molecule has 1 amide bonds. The molecule has 0 radical (unpaired) electrons. The highest BCUT2D eigenvalue weighted by atomic mass is 16.4. The summed E-state index contributed by atoms with van der Waals surface area (Å²) in [7, 11) is 1.41. The van der Waals surface area contributed by atoms with E-state index in [2.05, 4.69) is 5.32 Å². The fourth-order valence-electron chi connectivity index (χ4n) is 1.36. The minimum Gasteiger partial charge on any atom is -0.480 e. The second-order valence-electron chi connectivity index (χ2n) is 3.76. The number of nitrogens with one attached hydrogen (secondary N) is 1. The predicted octanol–water partition coefficient (Wildman–Crippen LogP) is -1.86. The molecule has 1 atom stereocenters. The van der Waals surface area contributed by atoms with Gasteiger partial charge < -0.3 is 19.6 Å². The molecule has 8 nitrogen and oxygen atoms in total. The van der Waals surface area contributed by atoms with Gasteiger partial charge in [0, 0.05) is 26.4 Å². The van der Waals surface area contributed by atoms with Gasteiger partial charge in [-0.3, -0.25) is 14.4 Å². The maximum absolute atomic E-state index is 11.6. The van der Waals surface area contributed by atoms with Gasteiger partial charge in [-0.2, -0.15) is 0 Å². The maximum Gasteiger partial charge on any atom is 0.328 e. The van der Waals surface area contributed by atoms with Crippen molar-refractivity contribution in [2.75, 3.05) is 0 Å². The van der Waals surface area contributed by atoms with Crippen LogP contribution in [-0.2, 0) is 23.2 Å². The summed E-state index contributed by atoms with van der Waals surface area (Å²) in [5, 5.41) is 11.1. The lowest BCUT2D eigenvalue weighted by Crippen LogP contribution is -2.47. The third-order valence-electron chi connectivity index (χ3n) is 2.29. The van der Waals surface area contributed by atoms with E-state index in [0.29, 0.717) is 0 Å². The molecule has 1 heterocycles. The van der Waals surface area contributed by atoms with Crippen molar-refractivity contribution in [1.82, 2.24) is 14.5 Å². The van der Waals surface area contributed by atoms with Crippen molar-refractivity contribution in [2.45, 2.75) is 19.5 Å². The molecule has 0 saturated carbocycles. The first-order chi connectivity index (χ1) is 8.32. The molecule has 1 unspecified atom stereocenters. The molecule has 2 N–H and O–H groups in total. The molecule has 0 aliphatic heterocycles. The van der Waals surface area contributed by atoms with Crippen molar-refractivity contribution in [1.29, 1.82) is 0 Å². The zero-order valence-electron chi connectivity index (χ0n) is 9.91. The highest BCUT2D eigenvalue weighted by molar-refractivity contribution is 5.81. The van der Waals surface area contributed by atoms with Crippen molar-refractivity contribution >= 4 is 11.9 Å². The van der Waals surface area contributed by atoms with Gasteiger partial charge >= 0.3 is 17.1 Å². The van der Waals surface area contributed by atoms with Crippen LogP contribution in [0.3, 0.4) is 0 Å². The van der Waals surface area contributed by atoms with Gasteiger partial charge in [-0.25, -0.2) is 4.79 Å². The summed E-state index contributed by atoms with van der Waals surface area (Å²) in [6.07, 6.45) is 2.64. The minimum absolute atomic E-state index is 0.302. The van der Waals surface area contributed by atoms with Gasteiger partial charge in [-0.05, 0) is 0 Å². The number of carbonyl (C=O) groups excluding carboxylic acids is 1. The quantitative estimate of drug-likeness (QED) is 0.613. The van der Waals surface area contributed by atoms with E-state index in [0.717, 1.165) is 9.13 Å². The molecule has 0 aromatic carbocycles. The largest absolute Gasteiger partial charge is 0.480 e.